The zero-order chi connectivity index (χ0) is 18.3. The minimum absolute atomic E-state index is 0.0611. The molecular formula is C17H14N6O3. The monoisotopic (exact) mass is 350 g/mol. The van der Waals surface area contributed by atoms with Crippen LogP contribution in [-0.2, 0) is 11.2 Å². The number of benzene rings is 1. The molecule has 2 aromatic heterocycles. The Morgan fingerprint density at radius 1 is 1.23 bits per heavy atom. The molecule has 0 unspecified atom stereocenters. The van der Waals surface area contributed by atoms with Crippen LogP contribution in [0.5, 0.6) is 0 Å². The molecule has 9 nitrogen and oxygen atoms in total. The van der Waals surface area contributed by atoms with Crippen molar-refractivity contribution in [1.29, 1.82) is 0 Å². The highest BCUT2D eigenvalue weighted by molar-refractivity contribution is 6.06. The first kappa shape index (κ1) is 15.8. The summed E-state index contributed by atoms with van der Waals surface area (Å²) in [5.41, 5.74) is 2.82. The van der Waals surface area contributed by atoms with Gasteiger partial charge in [0.05, 0.1) is 23.9 Å². The number of hydrogen-bond acceptors (Lipinski definition) is 5. The second kappa shape index (κ2) is 5.96. The molecular weight excluding hydrogens is 336 g/mol. The molecule has 0 atom stereocenters. The van der Waals surface area contributed by atoms with E-state index in [4.69, 9.17) is 0 Å². The summed E-state index contributed by atoms with van der Waals surface area (Å²) in [4.78, 5) is 35.1. The van der Waals surface area contributed by atoms with Crippen LogP contribution >= 0.6 is 0 Å². The predicted molar refractivity (Wildman–Crippen MR) is 93.4 cm³/mol. The second-order valence-corrected chi connectivity index (χ2v) is 5.89. The summed E-state index contributed by atoms with van der Waals surface area (Å²) in [6, 6.07) is 8.14. The summed E-state index contributed by atoms with van der Waals surface area (Å²) in [5.74, 6) is 0.0119. The first-order valence-corrected chi connectivity index (χ1v) is 7.86. The summed E-state index contributed by atoms with van der Waals surface area (Å²) < 4.78 is 1.47. The molecule has 26 heavy (non-hydrogen) atoms. The quantitative estimate of drug-likeness (QED) is 0.651. The van der Waals surface area contributed by atoms with Crippen LogP contribution in [0.4, 0.5) is 11.4 Å². The van der Waals surface area contributed by atoms with Gasteiger partial charge >= 0.3 is 0 Å². The lowest BCUT2D eigenvalue weighted by atomic mass is 10.1. The molecule has 3 heterocycles. The normalized spacial score (nSPS) is 12.6. The number of aromatic amines is 1. The maximum absolute atomic E-state index is 12.6. The lowest BCUT2D eigenvalue weighted by molar-refractivity contribution is -0.115. The Kier molecular flexibility index (Phi) is 3.61. The number of hydrogen-bond donors (Lipinski definition) is 3. The zero-order valence-electron chi connectivity index (χ0n) is 13.7. The molecule has 130 valence electrons. The number of nitrogens with one attached hydrogen (secondary N) is 3. The molecule has 1 aromatic carbocycles. The molecule has 3 N–H and O–H groups in total. The standard InChI is InChI=1S/C17H14N6O3/c1-9-12(8-18-23(9)14-4-5-15(24)22-21-14)17(26)19-11-3-2-10-6-16(25)20-13(10)7-11/h2-5,7-8H,6H2,1H3,(H,19,26)(H,20,25)(H,22,24). The van der Waals surface area contributed by atoms with Crippen LogP contribution in [0.15, 0.2) is 41.3 Å². The van der Waals surface area contributed by atoms with Gasteiger partial charge < -0.3 is 10.6 Å². The van der Waals surface area contributed by atoms with Gasteiger partial charge in [-0.05, 0) is 30.7 Å². The fraction of sp³-hybridized carbons (Fsp3) is 0.118. The zero-order valence-corrected chi connectivity index (χ0v) is 13.7. The van der Waals surface area contributed by atoms with Crippen molar-refractivity contribution in [2.24, 2.45) is 0 Å². The van der Waals surface area contributed by atoms with E-state index in [-0.39, 0.29) is 17.4 Å². The number of aromatic nitrogens is 4. The maximum atomic E-state index is 12.6. The van der Waals surface area contributed by atoms with Crippen LogP contribution in [0, 0.1) is 6.92 Å². The lowest BCUT2D eigenvalue weighted by Crippen LogP contribution is -2.14. The molecule has 9 heteroatoms. The SMILES string of the molecule is Cc1c(C(=O)Nc2ccc3c(c2)NC(=O)C3)cnn1-c1ccc(=O)[nH]n1. The van der Waals surface area contributed by atoms with Gasteiger partial charge in [-0.15, -0.1) is 0 Å². The van der Waals surface area contributed by atoms with E-state index < -0.39 is 0 Å². The summed E-state index contributed by atoms with van der Waals surface area (Å²) in [6.07, 6.45) is 1.79. The van der Waals surface area contributed by atoms with Gasteiger partial charge in [0.15, 0.2) is 5.82 Å². The number of nitrogens with zero attached hydrogens (tertiary/aromatic N) is 3. The van der Waals surface area contributed by atoms with Crippen molar-refractivity contribution in [3.8, 4) is 5.82 Å². The topological polar surface area (TPSA) is 122 Å². The van der Waals surface area contributed by atoms with E-state index in [0.29, 0.717) is 34.9 Å². The summed E-state index contributed by atoms with van der Waals surface area (Å²) in [6.45, 7) is 1.73. The van der Waals surface area contributed by atoms with Crippen LogP contribution in [-0.4, -0.2) is 31.8 Å². The highest BCUT2D eigenvalue weighted by atomic mass is 16.2. The Hall–Kier alpha value is -3.75. The Bertz CT molecular complexity index is 1080. The van der Waals surface area contributed by atoms with Gasteiger partial charge in [0.1, 0.15) is 0 Å². The van der Waals surface area contributed by atoms with E-state index in [1.807, 2.05) is 6.07 Å². The minimum Gasteiger partial charge on any atom is -0.325 e. The molecule has 1 aliphatic heterocycles. The van der Waals surface area contributed by atoms with Crippen molar-refractivity contribution in [3.63, 3.8) is 0 Å². The molecule has 0 fully saturated rings. The Labute approximate surface area is 147 Å². The third-order valence-corrected chi connectivity index (χ3v) is 4.13. The predicted octanol–water partition coefficient (Wildman–Crippen LogP) is 1.01. The molecule has 0 radical (unpaired) electrons. The first-order valence-electron chi connectivity index (χ1n) is 7.86. The second-order valence-electron chi connectivity index (χ2n) is 5.89. The van der Waals surface area contributed by atoms with E-state index in [1.165, 1.54) is 23.0 Å². The number of H-pyrrole nitrogens is 1. The molecule has 0 aliphatic carbocycles. The van der Waals surface area contributed by atoms with Crippen molar-refractivity contribution >= 4 is 23.2 Å². The highest BCUT2D eigenvalue weighted by Gasteiger charge is 2.19. The van der Waals surface area contributed by atoms with Crippen LogP contribution in [0.2, 0.25) is 0 Å². The highest BCUT2D eigenvalue weighted by Crippen LogP contribution is 2.26. The molecule has 0 saturated heterocycles. The fourth-order valence-corrected chi connectivity index (χ4v) is 2.81. The summed E-state index contributed by atoms with van der Waals surface area (Å²) >= 11 is 0. The van der Waals surface area contributed by atoms with Crippen molar-refractivity contribution in [2.75, 3.05) is 10.6 Å². The molecule has 2 amide bonds. The average molecular weight is 350 g/mol. The first-order chi connectivity index (χ1) is 12.5. The summed E-state index contributed by atoms with van der Waals surface area (Å²) in [7, 11) is 0. The number of carbonyl (C=O) groups is 2. The minimum atomic E-state index is -0.331. The van der Waals surface area contributed by atoms with Gasteiger partial charge in [0.25, 0.3) is 11.5 Å². The van der Waals surface area contributed by atoms with Crippen molar-refractivity contribution < 1.29 is 9.59 Å². The van der Waals surface area contributed by atoms with E-state index in [1.54, 1.807) is 19.1 Å². The molecule has 0 spiro atoms. The largest absolute Gasteiger partial charge is 0.325 e. The number of anilines is 2. The number of carbonyl (C=O) groups excluding carboxylic acids is 2. The van der Waals surface area contributed by atoms with E-state index in [2.05, 4.69) is 25.9 Å². The van der Waals surface area contributed by atoms with Crippen LogP contribution < -0.4 is 16.2 Å². The van der Waals surface area contributed by atoms with Crippen molar-refractivity contribution in [1.82, 2.24) is 20.0 Å². The van der Waals surface area contributed by atoms with Gasteiger partial charge in [-0.3, -0.25) is 14.4 Å². The fourth-order valence-electron chi connectivity index (χ4n) is 2.81. The van der Waals surface area contributed by atoms with Crippen LogP contribution in [0.3, 0.4) is 0 Å². The third kappa shape index (κ3) is 2.75. The van der Waals surface area contributed by atoms with Crippen molar-refractivity contribution in [2.45, 2.75) is 13.3 Å². The number of rotatable bonds is 3. The Morgan fingerprint density at radius 2 is 2.08 bits per heavy atom. The van der Waals surface area contributed by atoms with Gasteiger partial charge in [-0.2, -0.15) is 10.2 Å². The van der Waals surface area contributed by atoms with E-state index in [0.717, 1.165) is 5.56 Å². The van der Waals surface area contributed by atoms with E-state index >= 15 is 0 Å². The van der Waals surface area contributed by atoms with Gasteiger partial charge in [0, 0.05) is 17.4 Å². The number of fused-ring (bicyclic) bond motifs is 1. The average Bonchev–Trinajstić information content (AvgIpc) is 3.17. The molecule has 4 rings (SSSR count). The number of amides is 2. The molecule has 1 aliphatic rings. The van der Waals surface area contributed by atoms with Gasteiger partial charge in [-0.25, -0.2) is 9.78 Å². The Balaban J connectivity index is 1.58. The van der Waals surface area contributed by atoms with Crippen LogP contribution in [0.25, 0.3) is 5.82 Å². The maximum Gasteiger partial charge on any atom is 0.264 e. The van der Waals surface area contributed by atoms with Gasteiger partial charge in [0.2, 0.25) is 5.91 Å². The molecule has 0 saturated carbocycles. The van der Waals surface area contributed by atoms with Crippen molar-refractivity contribution in [3.05, 3.63) is 63.7 Å². The van der Waals surface area contributed by atoms with E-state index in [9.17, 15) is 14.4 Å². The molecule has 0 bridgehead atoms. The third-order valence-electron chi connectivity index (χ3n) is 4.13. The summed E-state index contributed by atoms with van der Waals surface area (Å²) in [5, 5.41) is 15.9. The smallest absolute Gasteiger partial charge is 0.264 e. The van der Waals surface area contributed by atoms with Crippen LogP contribution in [0.1, 0.15) is 21.6 Å². The Morgan fingerprint density at radius 3 is 2.85 bits per heavy atom. The lowest BCUT2D eigenvalue weighted by Gasteiger charge is -2.07. The molecule has 3 aromatic rings. The van der Waals surface area contributed by atoms with Gasteiger partial charge in [-0.1, -0.05) is 6.07 Å².